The van der Waals surface area contributed by atoms with Gasteiger partial charge in [-0.2, -0.15) is 12.7 Å². The van der Waals surface area contributed by atoms with E-state index in [-0.39, 0.29) is 5.82 Å². The van der Waals surface area contributed by atoms with E-state index in [1.165, 1.54) is 14.1 Å². The first kappa shape index (κ1) is 16.2. The van der Waals surface area contributed by atoms with Crippen molar-refractivity contribution in [3.8, 4) is 0 Å². The zero-order valence-corrected chi connectivity index (χ0v) is 13.6. The second-order valence-electron chi connectivity index (χ2n) is 5.01. The van der Waals surface area contributed by atoms with Crippen LogP contribution < -0.4 is 9.62 Å². The molecule has 2 aromatic rings. The lowest BCUT2D eigenvalue weighted by molar-refractivity contribution is 0.526. The Balaban J connectivity index is 2.05. The van der Waals surface area contributed by atoms with Gasteiger partial charge in [0.05, 0.1) is 0 Å². The van der Waals surface area contributed by atoms with Gasteiger partial charge in [-0.25, -0.2) is 0 Å². The van der Waals surface area contributed by atoms with E-state index in [0.717, 1.165) is 9.87 Å². The highest BCUT2D eigenvalue weighted by molar-refractivity contribution is 7.90. The third-order valence-corrected chi connectivity index (χ3v) is 4.45. The number of hydrogen-bond donors (Lipinski definition) is 1. The fraction of sp³-hybridized carbons (Fsp3) is 0.286. The van der Waals surface area contributed by atoms with Gasteiger partial charge >= 0.3 is 10.2 Å². The molecule has 0 aliphatic rings. The largest absolute Gasteiger partial charge is 0.354 e. The third-order valence-electron chi connectivity index (χ3n) is 3.02. The molecule has 2 rings (SSSR count). The average molecular weight is 321 g/mol. The van der Waals surface area contributed by atoms with E-state index >= 15 is 0 Å². The molecule has 0 amide bonds. The molecule has 1 aromatic carbocycles. The van der Waals surface area contributed by atoms with Crippen LogP contribution in [-0.4, -0.2) is 44.1 Å². The number of anilines is 2. The smallest absolute Gasteiger partial charge is 0.302 e. The zero-order chi connectivity index (χ0) is 16.2. The first-order chi connectivity index (χ1) is 10.4. The van der Waals surface area contributed by atoms with Gasteiger partial charge in [0.25, 0.3) is 0 Å². The van der Waals surface area contributed by atoms with Crippen LogP contribution in [0.4, 0.5) is 11.6 Å². The summed E-state index contributed by atoms with van der Waals surface area (Å²) >= 11 is 0. The van der Waals surface area contributed by atoms with Gasteiger partial charge in [0.15, 0.2) is 11.6 Å². The molecule has 22 heavy (non-hydrogen) atoms. The van der Waals surface area contributed by atoms with E-state index in [4.69, 9.17) is 0 Å². The van der Waals surface area contributed by atoms with Gasteiger partial charge in [-0.3, -0.25) is 4.72 Å². The van der Waals surface area contributed by atoms with Crippen LogP contribution in [0.1, 0.15) is 5.56 Å². The van der Waals surface area contributed by atoms with E-state index in [1.54, 1.807) is 12.1 Å². The Morgan fingerprint density at radius 1 is 1.00 bits per heavy atom. The predicted octanol–water partition coefficient (Wildman–Crippen LogP) is 1.33. The lowest BCUT2D eigenvalue weighted by atomic mass is 10.2. The van der Waals surface area contributed by atoms with Gasteiger partial charge in [0.2, 0.25) is 0 Å². The summed E-state index contributed by atoms with van der Waals surface area (Å²) in [5, 5.41) is 7.95. The van der Waals surface area contributed by atoms with Gasteiger partial charge in [-0.15, -0.1) is 10.2 Å². The molecule has 0 radical (unpaired) electrons. The molecule has 0 saturated heterocycles. The van der Waals surface area contributed by atoms with Crippen molar-refractivity contribution in [2.24, 2.45) is 0 Å². The molecule has 0 aliphatic carbocycles. The van der Waals surface area contributed by atoms with Crippen LogP contribution in [-0.2, 0) is 16.8 Å². The maximum absolute atomic E-state index is 11.7. The lowest BCUT2D eigenvalue weighted by Gasteiger charge is -2.18. The maximum atomic E-state index is 11.7. The Labute approximate surface area is 130 Å². The molecule has 1 N–H and O–H groups in total. The topological polar surface area (TPSA) is 78.4 Å². The second-order valence-corrected chi connectivity index (χ2v) is 6.89. The van der Waals surface area contributed by atoms with E-state index in [0.29, 0.717) is 12.4 Å². The first-order valence-electron chi connectivity index (χ1n) is 6.67. The van der Waals surface area contributed by atoms with Crippen LogP contribution in [0, 0.1) is 0 Å². The Morgan fingerprint density at radius 2 is 1.68 bits per heavy atom. The molecule has 0 unspecified atom stereocenters. The first-order valence-corrected chi connectivity index (χ1v) is 8.11. The van der Waals surface area contributed by atoms with Gasteiger partial charge in [0, 0.05) is 27.7 Å². The van der Waals surface area contributed by atoms with E-state index in [2.05, 4.69) is 14.9 Å². The molecule has 118 valence electrons. The molecule has 1 aromatic heterocycles. The molecule has 0 saturated carbocycles. The molecule has 0 spiro atoms. The maximum Gasteiger partial charge on any atom is 0.302 e. The van der Waals surface area contributed by atoms with Gasteiger partial charge in [-0.1, -0.05) is 30.3 Å². The van der Waals surface area contributed by atoms with Crippen molar-refractivity contribution >= 4 is 21.8 Å². The average Bonchev–Trinajstić information content (AvgIpc) is 2.48. The summed E-state index contributed by atoms with van der Waals surface area (Å²) < 4.78 is 26.8. The van der Waals surface area contributed by atoms with Gasteiger partial charge < -0.3 is 4.90 Å². The fourth-order valence-electron chi connectivity index (χ4n) is 1.74. The summed E-state index contributed by atoms with van der Waals surface area (Å²) in [6, 6.07) is 13.3. The van der Waals surface area contributed by atoms with Crippen molar-refractivity contribution in [2.45, 2.75) is 6.54 Å². The van der Waals surface area contributed by atoms with E-state index in [1.807, 2.05) is 42.3 Å². The number of rotatable bonds is 6. The Kier molecular flexibility index (Phi) is 4.94. The molecular weight excluding hydrogens is 302 g/mol. The SMILES string of the molecule is CN(Cc1ccccc1)c1ccc(NS(=O)(=O)N(C)C)nn1. The Morgan fingerprint density at radius 3 is 2.23 bits per heavy atom. The van der Waals surface area contributed by atoms with Crippen LogP contribution >= 0.6 is 0 Å². The fourth-order valence-corrected chi connectivity index (χ4v) is 2.30. The highest BCUT2D eigenvalue weighted by Gasteiger charge is 2.14. The van der Waals surface area contributed by atoms with Crippen molar-refractivity contribution in [3.05, 3.63) is 48.0 Å². The van der Waals surface area contributed by atoms with Crippen LogP contribution in [0.2, 0.25) is 0 Å². The summed E-state index contributed by atoms with van der Waals surface area (Å²) in [6.07, 6.45) is 0. The summed E-state index contributed by atoms with van der Waals surface area (Å²) in [6.45, 7) is 0.693. The molecule has 8 heteroatoms. The van der Waals surface area contributed by atoms with Crippen molar-refractivity contribution in [1.29, 1.82) is 0 Å². The second kappa shape index (κ2) is 6.71. The van der Waals surface area contributed by atoms with Crippen molar-refractivity contribution in [2.75, 3.05) is 30.8 Å². The minimum absolute atomic E-state index is 0.186. The minimum Gasteiger partial charge on any atom is -0.354 e. The number of nitrogens with zero attached hydrogens (tertiary/aromatic N) is 4. The highest BCUT2D eigenvalue weighted by atomic mass is 32.2. The minimum atomic E-state index is -3.57. The van der Waals surface area contributed by atoms with Crippen molar-refractivity contribution in [3.63, 3.8) is 0 Å². The third kappa shape index (κ3) is 4.15. The number of benzene rings is 1. The van der Waals surface area contributed by atoms with Gasteiger partial charge in [0.1, 0.15) is 0 Å². The zero-order valence-electron chi connectivity index (χ0n) is 12.8. The quantitative estimate of drug-likeness (QED) is 0.868. The lowest BCUT2D eigenvalue weighted by Crippen LogP contribution is -2.29. The molecule has 0 aliphatic heterocycles. The van der Waals surface area contributed by atoms with Crippen molar-refractivity contribution < 1.29 is 8.42 Å². The van der Waals surface area contributed by atoms with E-state index < -0.39 is 10.2 Å². The monoisotopic (exact) mass is 321 g/mol. The Bertz CT molecular complexity index is 702. The molecular formula is C14H19N5O2S. The number of nitrogens with one attached hydrogen (secondary N) is 1. The van der Waals surface area contributed by atoms with Crippen LogP contribution in [0.3, 0.4) is 0 Å². The summed E-state index contributed by atoms with van der Waals surface area (Å²) in [5.41, 5.74) is 1.16. The molecule has 1 heterocycles. The van der Waals surface area contributed by atoms with Crippen LogP contribution in [0.25, 0.3) is 0 Å². The van der Waals surface area contributed by atoms with Crippen LogP contribution in [0.5, 0.6) is 0 Å². The summed E-state index contributed by atoms with van der Waals surface area (Å²) in [7, 11) is 1.22. The van der Waals surface area contributed by atoms with Crippen molar-refractivity contribution in [1.82, 2.24) is 14.5 Å². The predicted molar refractivity (Wildman–Crippen MR) is 86.8 cm³/mol. The molecule has 7 nitrogen and oxygen atoms in total. The molecule has 0 fully saturated rings. The molecule has 0 bridgehead atoms. The van der Waals surface area contributed by atoms with Crippen LogP contribution in [0.15, 0.2) is 42.5 Å². The normalized spacial score (nSPS) is 11.5. The standard InChI is InChI=1S/C14H19N5O2S/c1-18(2)22(20,21)17-13-9-10-14(16-15-13)19(3)11-12-7-5-4-6-8-12/h4-10H,11H2,1-3H3,(H,15,17). The Hall–Kier alpha value is -2.19. The van der Waals surface area contributed by atoms with E-state index in [9.17, 15) is 8.42 Å². The number of aromatic nitrogens is 2. The summed E-state index contributed by atoms with van der Waals surface area (Å²) in [4.78, 5) is 1.94. The summed E-state index contributed by atoms with van der Waals surface area (Å²) in [5.74, 6) is 0.849. The number of hydrogen-bond acceptors (Lipinski definition) is 5. The van der Waals surface area contributed by atoms with Gasteiger partial charge in [-0.05, 0) is 17.7 Å². The highest BCUT2D eigenvalue weighted by Crippen LogP contribution is 2.14. The molecule has 0 atom stereocenters.